The maximum atomic E-state index is 13.8. The molecule has 0 radical (unpaired) electrons. The van der Waals surface area contributed by atoms with Crippen molar-refractivity contribution < 1.29 is 37.4 Å². The van der Waals surface area contributed by atoms with Crippen molar-refractivity contribution in [3.8, 4) is 11.5 Å². The molecule has 4 rings (SSSR count). The van der Waals surface area contributed by atoms with Crippen LogP contribution in [-0.4, -0.2) is 48.9 Å². The van der Waals surface area contributed by atoms with Crippen molar-refractivity contribution in [2.24, 2.45) is 0 Å². The van der Waals surface area contributed by atoms with Gasteiger partial charge in [0.15, 0.2) is 18.1 Å². The Hall–Kier alpha value is -4.78. The van der Waals surface area contributed by atoms with Crippen molar-refractivity contribution in [2.75, 3.05) is 30.9 Å². The molecule has 1 aliphatic heterocycles. The molecule has 3 N–H and O–H groups in total. The van der Waals surface area contributed by atoms with Crippen LogP contribution in [0.1, 0.15) is 5.56 Å². The lowest BCUT2D eigenvalue weighted by Crippen LogP contribution is -2.38. The summed E-state index contributed by atoms with van der Waals surface area (Å²) in [6, 6.07) is 12.9. The zero-order valence-electron chi connectivity index (χ0n) is 20.8. The maximum Gasteiger partial charge on any atom is 0.329 e. The number of hydrogen-bond acceptors (Lipinski definition) is 6. The van der Waals surface area contributed by atoms with E-state index < -0.39 is 41.9 Å². The van der Waals surface area contributed by atoms with Crippen LogP contribution in [0.2, 0.25) is 0 Å². The summed E-state index contributed by atoms with van der Waals surface area (Å²) in [5.74, 6) is -2.68. The fraction of sp³-hybridized carbons (Fsp3) is 0.111. The van der Waals surface area contributed by atoms with Crippen LogP contribution in [-0.2, 0) is 14.4 Å². The molecular formula is C27H21BrF2N4O6. The van der Waals surface area contributed by atoms with E-state index in [-0.39, 0.29) is 29.5 Å². The first-order valence-electron chi connectivity index (χ1n) is 11.6. The topological polar surface area (TPSA) is 126 Å². The predicted octanol–water partition coefficient (Wildman–Crippen LogP) is 4.28. The fourth-order valence-electron chi connectivity index (χ4n) is 3.57. The molecule has 1 fully saturated rings. The molecule has 1 heterocycles. The quantitative estimate of drug-likeness (QED) is 0.244. The number of urea groups is 1. The van der Waals surface area contributed by atoms with Gasteiger partial charge in [-0.15, -0.1) is 0 Å². The number of hydrogen-bond donors (Lipinski definition) is 3. The Morgan fingerprint density at radius 1 is 1.00 bits per heavy atom. The Balaban J connectivity index is 1.42. The first-order chi connectivity index (χ1) is 19.1. The number of rotatable bonds is 9. The van der Waals surface area contributed by atoms with Gasteiger partial charge in [-0.3, -0.25) is 14.4 Å². The van der Waals surface area contributed by atoms with Crippen LogP contribution in [0.5, 0.6) is 11.5 Å². The number of anilines is 2. The highest BCUT2D eigenvalue weighted by Gasteiger charge is 2.35. The number of amides is 5. The first-order valence-corrected chi connectivity index (χ1v) is 12.4. The van der Waals surface area contributed by atoms with E-state index in [0.29, 0.717) is 20.6 Å². The molecule has 0 saturated carbocycles. The van der Waals surface area contributed by atoms with E-state index in [2.05, 4.69) is 31.9 Å². The fourth-order valence-corrected chi connectivity index (χ4v) is 4.01. The minimum absolute atomic E-state index is 0.0819. The van der Waals surface area contributed by atoms with Gasteiger partial charge in [-0.05, 0) is 60.2 Å². The van der Waals surface area contributed by atoms with Crippen LogP contribution in [0.15, 0.2) is 70.8 Å². The van der Waals surface area contributed by atoms with Crippen molar-refractivity contribution in [3.05, 3.63) is 88.0 Å². The van der Waals surface area contributed by atoms with Gasteiger partial charge in [0.2, 0.25) is 5.91 Å². The average molecular weight is 615 g/mol. The largest absolute Gasteiger partial charge is 0.493 e. The summed E-state index contributed by atoms with van der Waals surface area (Å²) in [5.41, 5.74) is 0.619. The lowest BCUT2D eigenvalue weighted by Gasteiger charge is -2.13. The second kappa shape index (κ2) is 12.4. The molecular weight excluding hydrogens is 594 g/mol. The van der Waals surface area contributed by atoms with Gasteiger partial charge in [-0.1, -0.05) is 28.1 Å². The number of carbonyl (C=O) groups excluding carboxylic acids is 4. The van der Waals surface area contributed by atoms with Crippen molar-refractivity contribution in [1.82, 2.24) is 10.2 Å². The number of nitrogens with zero attached hydrogens (tertiary/aromatic N) is 1. The molecule has 1 saturated heterocycles. The van der Waals surface area contributed by atoms with E-state index in [0.717, 1.165) is 6.07 Å². The molecule has 0 spiro atoms. The number of carbonyl (C=O) groups is 4. The van der Waals surface area contributed by atoms with Crippen molar-refractivity contribution in [2.45, 2.75) is 0 Å². The van der Waals surface area contributed by atoms with Crippen LogP contribution < -0.4 is 25.4 Å². The Labute approximate surface area is 235 Å². The normalized spacial score (nSPS) is 13.7. The molecule has 0 bridgehead atoms. The minimum atomic E-state index is -0.824. The van der Waals surface area contributed by atoms with Crippen LogP contribution in [0.3, 0.4) is 0 Å². The molecule has 0 aliphatic carbocycles. The van der Waals surface area contributed by atoms with E-state index in [1.165, 1.54) is 67.8 Å². The Kier molecular flexibility index (Phi) is 8.74. The van der Waals surface area contributed by atoms with Gasteiger partial charge in [0.25, 0.3) is 11.8 Å². The summed E-state index contributed by atoms with van der Waals surface area (Å²) in [6.45, 7) is -1.01. The first kappa shape index (κ1) is 28.2. The van der Waals surface area contributed by atoms with E-state index >= 15 is 0 Å². The SMILES string of the molecule is COc1cc(/C=C2/NC(=O)N(CC(=O)Nc3ccccc3F)C2=O)c(Br)cc1OCC(=O)Nc1ccc(F)cc1. The third-order valence-electron chi connectivity index (χ3n) is 5.48. The molecule has 0 unspecified atom stereocenters. The number of benzene rings is 3. The van der Waals surface area contributed by atoms with Crippen LogP contribution in [0.25, 0.3) is 6.08 Å². The molecule has 1 aliphatic rings. The Morgan fingerprint density at radius 3 is 2.42 bits per heavy atom. The molecule has 3 aromatic rings. The van der Waals surface area contributed by atoms with Crippen molar-refractivity contribution in [1.29, 1.82) is 0 Å². The second-order valence-corrected chi connectivity index (χ2v) is 9.13. The number of para-hydroxylation sites is 1. The minimum Gasteiger partial charge on any atom is -0.493 e. The zero-order chi connectivity index (χ0) is 28.8. The van der Waals surface area contributed by atoms with E-state index in [1.54, 1.807) is 0 Å². The van der Waals surface area contributed by atoms with Crippen LogP contribution in [0.4, 0.5) is 25.0 Å². The number of ether oxygens (including phenoxy) is 2. The summed E-state index contributed by atoms with van der Waals surface area (Å²) < 4.78 is 38.2. The zero-order valence-corrected chi connectivity index (χ0v) is 22.4. The van der Waals surface area contributed by atoms with Gasteiger partial charge < -0.3 is 25.4 Å². The average Bonchev–Trinajstić information content (AvgIpc) is 3.18. The third-order valence-corrected chi connectivity index (χ3v) is 6.17. The van der Waals surface area contributed by atoms with E-state index in [1.807, 2.05) is 0 Å². The van der Waals surface area contributed by atoms with Gasteiger partial charge in [0.05, 0.1) is 12.8 Å². The van der Waals surface area contributed by atoms with Gasteiger partial charge in [-0.25, -0.2) is 18.5 Å². The van der Waals surface area contributed by atoms with Crippen LogP contribution in [0, 0.1) is 11.6 Å². The van der Waals surface area contributed by atoms with Gasteiger partial charge in [-0.2, -0.15) is 0 Å². The maximum absolute atomic E-state index is 13.8. The molecule has 0 aromatic heterocycles. The lowest BCUT2D eigenvalue weighted by molar-refractivity contribution is -0.127. The highest BCUT2D eigenvalue weighted by Crippen LogP contribution is 2.35. The standard InChI is InChI=1S/C27H21BrF2N4O6/c1-39-22-11-15(18(28)12-23(22)40-14-25(36)31-17-8-6-16(29)7-9-17)10-21-26(37)34(27(38)33-21)13-24(35)32-20-5-3-2-4-19(20)30/h2-12H,13-14H2,1H3,(H,31,36)(H,32,35)(H,33,38)/b21-10+. The number of nitrogens with one attached hydrogen (secondary N) is 3. The smallest absolute Gasteiger partial charge is 0.329 e. The number of methoxy groups -OCH3 is 1. The predicted molar refractivity (Wildman–Crippen MR) is 144 cm³/mol. The van der Waals surface area contributed by atoms with E-state index in [4.69, 9.17) is 9.47 Å². The summed E-state index contributed by atoms with van der Waals surface area (Å²) in [7, 11) is 1.38. The molecule has 13 heteroatoms. The molecule has 0 atom stereocenters. The van der Waals surface area contributed by atoms with E-state index in [9.17, 15) is 28.0 Å². The summed E-state index contributed by atoms with van der Waals surface area (Å²) in [6.07, 6.45) is 1.37. The molecule has 3 aromatic carbocycles. The van der Waals surface area contributed by atoms with Crippen molar-refractivity contribution in [3.63, 3.8) is 0 Å². The summed E-state index contributed by atoms with van der Waals surface area (Å²) in [5, 5.41) is 7.30. The van der Waals surface area contributed by atoms with Crippen molar-refractivity contribution >= 4 is 57.1 Å². The summed E-state index contributed by atoms with van der Waals surface area (Å²) in [4.78, 5) is 50.5. The molecule has 40 heavy (non-hydrogen) atoms. The number of halogens is 3. The van der Waals surface area contributed by atoms with Crippen LogP contribution >= 0.6 is 15.9 Å². The monoisotopic (exact) mass is 614 g/mol. The summed E-state index contributed by atoms with van der Waals surface area (Å²) >= 11 is 3.37. The third kappa shape index (κ3) is 6.80. The number of imide groups is 1. The van der Waals surface area contributed by atoms with Gasteiger partial charge in [0.1, 0.15) is 23.9 Å². The van der Waals surface area contributed by atoms with Gasteiger partial charge >= 0.3 is 6.03 Å². The second-order valence-electron chi connectivity index (χ2n) is 8.28. The highest BCUT2D eigenvalue weighted by atomic mass is 79.9. The Bertz CT molecular complexity index is 1510. The molecule has 10 nitrogen and oxygen atoms in total. The van der Waals surface area contributed by atoms with Gasteiger partial charge in [0, 0.05) is 10.2 Å². The highest BCUT2D eigenvalue weighted by molar-refractivity contribution is 9.10. The lowest BCUT2D eigenvalue weighted by atomic mass is 10.1. The molecule has 206 valence electrons. The Morgan fingerprint density at radius 2 is 1.73 bits per heavy atom. The molecule has 5 amide bonds.